The topological polar surface area (TPSA) is 41.6 Å². The molecule has 3 rings (SSSR count). The Balaban J connectivity index is 1.67. The van der Waals surface area contributed by atoms with E-state index in [4.69, 9.17) is 4.74 Å². The molecule has 1 fully saturated rings. The normalized spacial score (nSPS) is 22.0. The number of nitrogens with one attached hydrogen (secondary N) is 1. The van der Waals surface area contributed by atoms with Gasteiger partial charge in [-0.25, -0.2) is 0 Å². The van der Waals surface area contributed by atoms with E-state index >= 15 is 0 Å². The van der Waals surface area contributed by atoms with Crippen molar-refractivity contribution < 1.29 is 9.53 Å². The Morgan fingerprint density at radius 2 is 2.25 bits per heavy atom. The van der Waals surface area contributed by atoms with Crippen LogP contribution >= 0.6 is 0 Å². The van der Waals surface area contributed by atoms with Crippen LogP contribution in [0.5, 0.6) is 0 Å². The van der Waals surface area contributed by atoms with Crippen LogP contribution in [-0.2, 0) is 9.53 Å². The van der Waals surface area contributed by atoms with Crippen molar-refractivity contribution in [1.82, 2.24) is 0 Å². The SMILES string of the molecule is O=C(CCC1CCCO1)N1CCCNc2ccccc21. The minimum atomic E-state index is 0.219. The largest absolute Gasteiger partial charge is 0.383 e. The van der Waals surface area contributed by atoms with Crippen LogP contribution in [0.2, 0.25) is 0 Å². The highest BCUT2D eigenvalue weighted by Crippen LogP contribution is 2.29. The first-order valence-electron chi connectivity index (χ1n) is 7.59. The van der Waals surface area contributed by atoms with Gasteiger partial charge in [-0.2, -0.15) is 0 Å². The lowest BCUT2D eigenvalue weighted by Gasteiger charge is -2.23. The van der Waals surface area contributed by atoms with Gasteiger partial charge in [0.2, 0.25) is 5.91 Å². The molecule has 1 aromatic carbocycles. The van der Waals surface area contributed by atoms with Crippen molar-refractivity contribution in [3.05, 3.63) is 24.3 Å². The number of hydrogen-bond donors (Lipinski definition) is 1. The molecule has 0 aliphatic carbocycles. The van der Waals surface area contributed by atoms with Gasteiger partial charge in [0.25, 0.3) is 0 Å². The van der Waals surface area contributed by atoms with Crippen LogP contribution in [0.1, 0.15) is 32.1 Å². The first kappa shape index (κ1) is 13.4. The van der Waals surface area contributed by atoms with Crippen molar-refractivity contribution in [2.75, 3.05) is 29.9 Å². The molecule has 108 valence electrons. The quantitative estimate of drug-likeness (QED) is 0.921. The Kier molecular flexibility index (Phi) is 4.21. The van der Waals surface area contributed by atoms with Crippen LogP contribution in [0.15, 0.2) is 24.3 Å². The number of carbonyl (C=O) groups excluding carboxylic acids is 1. The molecule has 0 aromatic heterocycles. The Morgan fingerprint density at radius 3 is 3.10 bits per heavy atom. The molecule has 2 aliphatic rings. The molecule has 1 saturated heterocycles. The number of carbonyl (C=O) groups is 1. The number of ether oxygens (including phenoxy) is 1. The summed E-state index contributed by atoms with van der Waals surface area (Å²) in [6.07, 6.45) is 4.95. The maximum atomic E-state index is 12.5. The van der Waals surface area contributed by atoms with Crippen LogP contribution < -0.4 is 10.2 Å². The third-order valence-electron chi connectivity index (χ3n) is 4.07. The second-order valence-electron chi connectivity index (χ2n) is 5.52. The number of para-hydroxylation sites is 2. The highest BCUT2D eigenvalue weighted by atomic mass is 16.5. The maximum Gasteiger partial charge on any atom is 0.227 e. The molecule has 20 heavy (non-hydrogen) atoms. The Labute approximate surface area is 120 Å². The molecule has 1 unspecified atom stereocenters. The lowest BCUT2D eigenvalue weighted by molar-refractivity contribution is -0.119. The summed E-state index contributed by atoms with van der Waals surface area (Å²) in [6.45, 7) is 2.58. The third-order valence-corrected chi connectivity index (χ3v) is 4.07. The molecule has 0 bridgehead atoms. The molecular formula is C16H22N2O2. The van der Waals surface area contributed by atoms with Crippen LogP contribution in [0, 0.1) is 0 Å². The van der Waals surface area contributed by atoms with Gasteiger partial charge in [0, 0.05) is 26.1 Å². The molecule has 1 atom stereocenters. The zero-order valence-electron chi connectivity index (χ0n) is 11.8. The second kappa shape index (κ2) is 6.27. The summed E-state index contributed by atoms with van der Waals surface area (Å²) in [5.74, 6) is 0.219. The van der Waals surface area contributed by atoms with E-state index in [9.17, 15) is 4.79 Å². The molecule has 1 amide bonds. The zero-order valence-corrected chi connectivity index (χ0v) is 11.8. The number of amides is 1. The minimum absolute atomic E-state index is 0.219. The molecule has 0 radical (unpaired) electrons. The first-order chi connectivity index (χ1) is 9.84. The first-order valence-corrected chi connectivity index (χ1v) is 7.59. The summed E-state index contributed by atoms with van der Waals surface area (Å²) in [5, 5.41) is 3.39. The molecular weight excluding hydrogens is 252 g/mol. The number of nitrogens with zero attached hydrogens (tertiary/aromatic N) is 1. The minimum Gasteiger partial charge on any atom is -0.383 e. The van der Waals surface area contributed by atoms with E-state index in [1.165, 1.54) is 0 Å². The lowest BCUT2D eigenvalue weighted by Crippen LogP contribution is -2.32. The third kappa shape index (κ3) is 2.96. The van der Waals surface area contributed by atoms with Crippen molar-refractivity contribution >= 4 is 17.3 Å². The van der Waals surface area contributed by atoms with Crippen molar-refractivity contribution in [2.45, 2.75) is 38.2 Å². The fourth-order valence-corrected chi connectivity index (χ4v) is 2.99. The van der Waals surface area contributed by atoms with Gasteiger partial charge < -0.3 is 15.0 Å². The number of benzene rings is 1. The Bertz CT molecular complexity index is 469. The van der Waals surface area contributed by atoms with Crippen molar-refractivity contribution in [3.63, 3.8) is 0 Å². The number of rotatable bonds is 3. The fourth-order valence-electron chi connectivity index (χ4n) is 2.99. The van der Waals surface area contributed by atoms with Gasteiger partial charge in [-0.05, 0) is 37.8 Å². The molecule has 1 N–H and O–H groups in total. The zero-order chi connectivity index (χ0) is 13.8. The molecule has 4 heteroatoms. The van der Waals surface area contributed by atoms with Crippen LogP contribution in [0.4, 0.5) is 11.4 Å². The smallest absolute Gasteiger partial charge is 0.227 e. The van der Waals surface area contributed by atoms with Gasteiger partial charge in [-0.3, -0.25) is 4.79 Å². The van der Waals surface area contributed by atoms with Gasteiger partial charge in [0.1, 0.15) is 0 Å². The second-order valence-corrected chi connectivity index (χ2v) is 5.52. The summed E-state index contributed by atoms with van der Waals surface area (Å²) in [6, 6.07) is 8.07. The van der Waals surface area contributed by atoms with Crippen LogP contribution in [0.25, 0.3) is 0 Å². The summed E-state index contributed by atoms with van der Waals surface area (Å²) in [4.78, 5) is 14.4. The molecule has 2 aliphatic heterocycles. The van der Waals surface area contributed by atoms with Gasteiger partial charge in [-0.1, -0.05) is 12.1 Å². The van der Waals surface area contributed by atoms with Gasteiger partial charge >= 0.3 is 0 Å². The predicted octanol–water partition coefficient (Wildman–Crippen LogP) is 2.79. The van der Waals surface area contributed by atoms with Crippen molar-refractivity contribution in [1.29, 1.82) is 0 Å². The van der Waals surface area contributed by atoms with E-state index in [1.807, 2.05) is 29.2 Å². The average Bonchev–Trinajstić information content (AvgIpc) is 2.90. The molecule has 2 heterocycles. The lowest BCUT2D eigenvalue weighted by atomic mass is 10.1. The van der Waals surface area contributed by atoms with E-state index < -0.39 is 0 Å². The summed E-state index contributed by atoms with van der Waals surface area (Å²) < 4.78 is 5.60. The van der Waals surface area contributed by atoms with Gasteiger partial charge in [0.05, 0.1) is 17.5 Å². The number of hydrogen-bond acceptors (Lipinski definition) is 3. The van der Waals surface area contributed by atoms with Crippen molar-refractivity contribution in [2.24, 2.45) is 0 Å². The highest BCUT2D eigenvalue weighted by molar-refractivity contribution is 5.96. The maximum absolute atomic E-state index is 12.5. The highest BCUT2D eigenvalue weighted by Gasteiger charge is 2.23. The van der Waals surface area contributed by atoms with E-state index in [1.54, 1.807) is 0 Å². The molecule has 4 nitrogen and oxygen atoms in total. The summed E-state index contributed by atoms with van der Waals surface area (Å²) in [7, 11) is 0. The average molecular weight is 274 g/mol. The molecule has 1 aromatic rings. The van der Waals surface area contributed by atoms with Crippen LogP contribution in [-0.4, -0.2) is 31.7 Å². The number of fused-ring (bicyclic) bond motifs is 1. The summed E-state index contributed by atoms with van der Waals surface area (Å²) in [5.41, 5.74) is 2.08. The Hall–Kier alpha value is -1.55. The fraction of sp³-hybridized carbons (Fsp3) is 0.562. The number of anilines is 2. The standard InChI is InChI=1S/C16H22N2O2/c19-16(9-8-13-5-3-12-20-13)18-11-4-10-17-14-6-1-2-7-15(14)18/h1-2,6-7,13,17H,3-5,8-12H2. The van der Waals surface area contributed by atoms with E-state index in [2.05, 4.69) is 5.32 Å². The van der Waals surface area contributed by atoms with E-state index in [0.717, 1.165) is 56.8 Å². The van der Waals surface area contributed by atoms with E-state index in [0.29, 0.717) is 12.5 Å². The Morgan fingerprint density at radius 1 is 1.35 bits per heavy atom. The van der Waals surface area contributed by atoms with Crippen LogP contribution in [0.3, 0.4) is 0 Å². The van der Waals surface area contributed by atoms with Crippen molar-refractivity contribution in [3.8, 4) is 0 Å². The monoisotopic (exact) mass is 274 g/mol. The molecule has 0 saturated carbocycles. The summed E-state index contributed by atoms with van der Waals surface area (Å²) >= 11 is 0. The molecule has 0 spiro atoms. The van der Waals surface area contributed by atoms with Gasteiger partial charge in [0.15, 0.2) is 0 Å². The predicted molar refractivity (Wildman–Crippen MR) is 80.1 cm³/mol. The van der Waals surface area contributed by atoms with Gasteiger partial charge in [-0.15, -0.1) is 0 Å². The van der Waals surface area contributed by atoms with E-state index in [-0.39, 0.29) is 5.91 Å².